The lowest BCUT2D eigenvalue weighted by Gasteiger charge is -2.20. The van der Waals surface area contributed by atoms with Crippen LogP contribution in [-0.4, -0.2) is 69.5 Å². The van der Waals surface area contributed by atoms with Crippen LogP contribution in [0.25, 0.3) is 22.5 Å². The summed E-state index contributed by atoms with van der Waals surface area (Å²) >= 11 is 0. The Labute approximate surface area is 227 Å². The molecule has 11 nitrogen and oxygen atoms in total. The van der Waals surface area contributed by atoms with Crippen molar-refractivity contribution in [3.8, 4) is 17.3 Å². The van der Waals surface area contributed by atoms with E-state index in [1.54, 1.807) is 58.3 Å². The number of hydrogen-bond donors (Lipinski definition) is 4. The number of urea groups is 1. The third-order valence-electron chi connectivity index (χ3n) is 6.26. The Morgan fingerprint density at radius 1 is 1.30 bits per heavy atom. The summed E-state index contributed by atoms with van der Waals surface area (Å²) in [7, 11) is 0. The number of rotatable bonds is 8. The fourth-order valence-electron chi connectivity index (χ4n) is 4.18. The van der Waals surface area contributed by atoms with Crippen molar-refractivity contribution in [1.82, 2.24) is 30.1 Å². The molecule has 3 aromatic rings. The quantitative estimate of drug-likeness (QED) is 0.314. The van der Waals surface area contributed by atoms with Gasteiger partial charge in [-0.15, -0.1) is 0 Å². The average molecular weight is 554 g/mol. The van der Waals surface area contributed by atoms with E-state index in [-0.39, 0.29) is 17.5 Å². The minimum atomic E-state index is -4.52. The molecule has 3 heterocycles. The molecule has 0 bridgehead atoms. The predicted octanol–water partition coefficient (Wildman–Crippen LogP) is 3.42. The van der Waals surface area contributed by atoms with Crippen LogP contribution in [0, 0.1) is 22.7 Å². The predicted molar refractivity (Wildman–Crippen MR) is 141 cm³/mol. The molecule has 0 spiro atoms. The SMILES string of the molecule is CC(N/C=C(\C=N)c1cnn2c(-c3cccc(NC(=O)NCC(F)(F)F)c3)cnc2c1)C(=O)N1CCC(C#N)C1. The number of aromatic nitrogens is 3. The van der Waals surface area contributed by atoms with Gasteiger partial charge in [-0.2, -0.15) is 23.5 Å². The summed E-state index contributed by atoms with van der Waals surface area (Å²) in [4.78, 5) is 30.5. The largest absolute Gasteiger partial charge is 0.405 e. The first-order chi connectivity index (χ1) is 19.1. The molecule has 1 fully saturated rings. The maximum absolute atomic E-state index is 12.7. The Balaban J connectivity index is 1.47. The molecule has 1 aromatic carbocycles. The zero-order valence-corrected chi connectivity index (χ0v) is 21.4. The van der Waals surface area contributed by atoms with Gasteiger partial charge in [0, 0.05) is 47.9 Å². The van der Waals surface area contributed by atoms with E-state index in [0.29, 0.717) is 47.6 Å². The van der Waals surface area contributed by atoms with Gasteiger partial charge in [0.2, 0.25) is 5.91 Å². The van der Waals surface area contributed by atoms with Gasteiger partial charge in [-0.25, -0.2) is 14.3 Å². The van der Waals surface area contributed by atoms with Crippen LogP contribution >= 0.6 is 0 Å². The molecule has 1 saturated heterocycles. The maximum atomic E-state index is 12.7. The summed E-state index contributed by atoms with van der Waals surface area (Å²) in [5.41, 5.74) is 2.97. The van der Waals surface area contributed by atoms with E-state index in [1.807, 2.05) is 0 Å². The fourth-order valence-corrected chi connectivity index (χ4v) is 4.18. The van der Waals surface area contributed by atoms with E-state index in [2.05, 4.69) is 26.8 Å². The van der Waals surface area contributed by atoms with Crippen LogP contribution in [0.15, 0.2) is 48.9 Å². The van der Waals surface area contributed by atoms with Crippen LogP contribution in [0.4, 0.5) is 23.7 Å². The highest BCUT2D eigenvalue weighted by atomic mass is 19.4. The van der Waals surface area contributed by atoms with Crippen molar-refractivity contribution in [3.05, 3.63) is 54.5 Å². The van der Waals surface area contributed by atoms with Crippen LogP contribution in [0.2, 0.25) is 0 Å². The first kappa shape index (κ1) is 28.1. The molecule has 2 unspecified atom stereocenters. The lowest BCUT2D eigenvalue weighted by atomic mass is 10.1. The number of nitrogens with one attached hydrogen (secondary N) is 4. The number of amides is 3. The second kappa shape index (κ2) is 11.9. The van der Waals surface area contributed by atoms with Crippen LogP contribution in [0.3, 0.4) is 0 Å². The molecule has 3 amide bonds. The summed E-state index contributed by atoms with van der Waals surface area (Å²) in [5.74, 6) is -0.276. The molecule has 0 radical (unpaired) electrons. The van der Waals surface area contributed by atoms with Gasteiger partial charge in [-0.05, 0) is 31.5 Å². The standard InChI is InChI=1S/C26H26F3N9O2/c1-16(24(39)37-6-5-17(9-30)14-37)32-11-20(10-31)19-8-23-33-13-22(38(23)35-12-19)18-3-2-4-21(7-18)36-25(40)34-15-26(27,28)29/h2-4,7-8,10-13,16-17,31-32H,5-6,14-15H2,1H3,(H2,34,36,40)/b20-11+,31-10?. The summed E-state index contributed by atoms with van der Waals surface area (Å²) in [6.45, 7) is 1.22. The number of nitrogens with zero attached hydrogens (tertiary/aromatic N) is 5. The topological polar surface area (TPSA) is 151 Å². The van der Waals surface area contributed by atoms with Crippen molar-refractivity contribution in [2.45, 2.75) is 25.6 Å². The highest BCUT2D eigenvalue weighted by Crippen LogP contribution is 2.24. The van der Waals surface area contributed by atoms with Gasteiger partial charge in [-0.3, -0.25) is 4.79 Å². The number of carbonyl (C=O) groups excluding carboxylic acids is 2. The minimum Gasteiger partial charge on any atom is -0.379 e. The zero-order chi connectivity index (χ0) is 28.9. The third kappa shape index (κ3) is 6.73. The third-order valence-corrected chi connectivity index (χ3v) is 6.26. The van der Waals surface area contributed by atoms with E-state index in [0.717, 1.165) is 6.21 Å². The Kier molecular flexibility index (Phi) is 8.32. The van der Waals surface area contributed by atoms with Crippen molar-refractivity contribution in [2.24, 2.45) is 5.92 Å². The number of likely N-dealkylation sites (tertiary alicyclic amines) is 1. The number of alkyl halides is 3. The molecule has 2 atom stereocenters. The van der Waals surface area contributed by atoms with E-state index in [9.17, 15) is 22.8 Å². The molecule has 0 aliphatic carbocycles. The summed E-state index contributed by atoms with van der Waals surface area (Å²) < 4.78 is 38.6. The van der Waals surface area contributed by atoms with E-state index >= 15 is 0 Å². The first-order valence-electron chi connectivity index (χ1n) is 12.3. The van der Waals surface area contributed by atoms with Crippen molar-refractivity contribution < 1.29 is 22.8 Å². The fraction of sp³-hybridized carbons (Fsp3) is 0.308. The molecule has 208 valence electrons. The van der Waals surface area contributed by atoms with Crippen molar-refractivity contribution in [1.29, 1.82) is 10.7 Å². The van der Waals surface area contributed by atoms with Gasteiger partial charge in [0.05, 0.1) is 30.1 Å². The van der Waals surface area contributed by atoms with Gasteiger partial charge < -0.3 is 26.3 Å². The van der Waals surface area contributed by atoms with Crippen molar-refractivity contribution in [3.63, 3.8) is 0 Å². The Morgan fingerprint density at radius 3 is 2.80 bits per heavy atom. The van der Waals surface area contributed by atoms with Gasteiger partial charge in [-0.1, -0.05) is 12.1 Å². The number of carbonyl (C=O) groups is 2. The lowest BCUT2D eigenvalue weighted by Crippen LogP contribution is -2.42. The number of halogens is 3. The Bertz CT molecular complexity index is 1490. The molecular weight excluding hydrogens is 527 g/mol. The van der Waals surface area contributed by atoms with Gasteiger partial charge in [0.1, 0.15) is 12.6 Å². The smallest absolute Gasteiger partial charge is 0.379 e. The second-order valence-electron chi connectivity index (χ2n) is 9.19. The Morgan fingerprint density at radius 2 is 2.10 bits per heavy atom. The molecule has 4 rings (SSSR count). The Hall–Kier alpha value is -4.93. The average Bonchev–Trinajstić information content (AvgIpc) is 3.59. The van der Waals surface area contributed by atoms with Crippen molar-refractivity contribution in [2.75, 3.05) is 25.0 Å². The molecule has 0 saturated carbocycles. The van der Waals surface area contributed by atoms with Gasteiger partial charge in [0.15, 0.2) is 5.65 Å². The summed E-state index contributed by atoms with van der Waals surface area (Å²) in [5, 5.41) is 28.5. The van der Waals surface area contributed by atoms with Crippen LogP contribution in [0.5, 0.6) is 0 Å². The van der Waals surface area contributed by atoms with Gasteiger partial charge in [0.25, 0.3) is 0 Å². The molecule has 4 N–H and O–H groups in total. The normalized spacial score (nSPS) is 16.3. The molecule has 14 heteroatoms. The molecule has 1 aliphatic rings. The van der Waals surface area contributed by atoms with E-state index < -0.39 is 24.8 Å². The molecular formula is C26H26F3N9O2. The number of nitriles is 1. The van der Waals surface area contributed by atoms with Crippen molar-refractivity contribution >= 4 is 35.1 Å². The maximum Gasteiger partial charge on any atom is 0.405 e. The highest BCUT2D eigenvalue weighted by Gasteiger charge is 2.29. The number of anilines is 1. The van der Waals surface area contributed by atoms with E-state index in [1.165, 1.54) is 12.3 Å². The lowest BCUT2D eigenvalue weighted by molar-refractivity contribution is -0.131. The monoisotopic (exact) mass is 553 g/mol. The van der Waals surface area contributed by atoms with E-state index in [4.69, 9.17) is 10.7 Å². The summed E-state index contributed by atoms with van der Waals surface area (Å²) in [6.07, 6.45) is 1.92. The number of allylic oxidation sites excluding steroid dienone is 1. The number of hydrogen-bond acceptors (Lipinski definition) is 7. The second-order valence-corrected chi connectivity index (χ2v) is 9.19. The van der Waals surface area contributed by atoms with Crippen LogP contribution < -0.4 is 16.0 Å². The number of benzene rings is 1. The minimum absolute atomic E-state index is 0.126. The van der Waals surface area contributed by atoms with Gasteiger partial charge >= 0.3 is 12.2 Å². The molecule has 2 aromatic heterocycles. The molecule has 1 aliphatic heterocycles. The number of imidazole rings is 1. The van der Waals surface area contributed by atoms with Crippen LogP contribution in [0.1, 0.15) is 18.9 Å². The number of fused-ring (bicyclic) bond motifs is 1. The van der Waals surface area contributed by atoms with Crippen LogP contribution in [-0.2, 0) is 4.79 Å². The zero-order valence-electron chi connectivity index (χ0n) is 21.4. The molecule has 40 heavy (non-hydrogen) atoms. The first-order valence-corrected chi connectivity index (χ1v) is 12.3. The summed E-state index contributed by atoms with van der Waals surface area (Å²) in [6, 6.07) is 8.85. The highest BCUT2D eigenvalue weighted by molar-refractivity contribution is 6.08.